The lowest BCUT2D eigenvalue weighted by Crippen LogP contribution is -2.06. The van der Waals surface area contributed by atoms with Crippen LogP contribution in [0.5, 0.6) is 11.5 Å². The van der Waals surface area contributed by atoms with Crippen molar-refractivity contribution in [1.29, 1.82) is 0 Å². The van der Waals surface area contributed by atoms with Gasteiger partial charge in [-0.2, -0.15) is 0 Å². The topological polar surface area (TPSA) is 87.9 Å². The van der Waals surface area contributed by atoms with Gasteiger partial charge in [-0.15, -0.1) is 0 Å². The summed E-state index contributed by atoms with van der Waals surface area (Å²) in [4.78, 5) is 20.5. The van der Waals surface area contributed by atoms with Crippen LogP contribution in [0.2, 0.25) is 0 Å². The van der Waals surface area contributed by atoms with E-state index in [9.17, 15) is 14.9 Å². The van der Waals surface area contributed by atoms with Crippen LogP contribution in [0.3, 0.4) is 0 Å². The highest BCUT2D eigenvalue weighted by Crippen LogP contribution is 2.40. The Morgan fingerprint density at radius 3 is 2.78 bits per heavy atom. The molecule has 1 atom stereocenters. The highest BCUT2D eigenvalue weighted by atomic mass is 16.7. The molecule has 18 heavy (non-hydrogen) atoms. The van der Waals surface area contributed by atoms with Gasteiger partial charge >= 0.3 is 6.47 Å². The lowest BCUT2D eigenvalue weighted by molar-refractivity contribution is -0.385. The number of nitro groups is 1. The molecule has 95 valence electrons. The van der Waals surface area contributed by atoms with Gasteiger partial charge in [0.2, 0.25) is 6.79 Å². The van der Waals surface area contributed by atoms with Crippen molar-refractivity contribution in [2.75, 3.05) is 13.4 Å². The molecule has 7 nitrogen and oxygen atoms in total. The van der Waals surface area contributed by atoms with E-state index in [-0.39, 0.29) is 25.0 Å². The Balaban J connectivity index is 2.37. The van der Waals surface area contributed by atoms with E-state index in [4.69, 9.17) is 9.47 Å². The van der Waals surface area contributed by atoms with Crippen molar-refractivity contribution in [3.8, 4) is 11.5 Å². The predicted octanol–water partition coefficient (Wildman–Crippen LogP) is 1.51. The summed E-state index contributed by atoms with van der Waals surface area (Å²) in [5.41, 5.74) is 0.348. The Labute approximate surface area is 102 Å². The first kappa shape index (κ1) is 12.2. The fourth-order valence-electron chi connectivity index (χ4n) is 1.75. The Morgan fingerprint density at radius 1 is 1.50 bits per heavy atom. The minimum atomic E-state index is -0.502. The first-order valence-electron chi connectivity index (χ1n) is 5.20. The van der Waals surface area contributed by atoms with E-state index in [0.717, 1.165) is 0 Å². The van der Waals surface area contributed by atoms with Crippen molar-refractivity contribution in [2.24, 2.45) is 0 Å². The summed E-state index contributed by atoms with van der Waals surface area (Å²) in [6.45, 7) is 3.07. The van der Waals surface area contributed by atoms with Gasteiger partial charge in [0.05, 0.1) is 17.6 Å². The molecule has 0 fully saturated rings. The third-order valence-corrected chi connectivity index (χ3v) is 2.64. The van der Waals surface area contributed by atoms with Gasteiger partial charge in [0.25, 0.3) is 5.69 Å². The molecular formula is C11H10NO6. The molecule has 1 aromatic rings. The summed E-state index contributed by atoms with van der Waals surface area (Å²) >= 11 is 0. The zero-order valence-corrected chi connectivity index (χ0v) is 9.54. The molecule has 0 N–H and O–H groups in total. The molecule has 0 saturated carbocycles. The first-order chi connectivity index (χ1) is 8.63. The zero-order valence-electron chi connectivity index (χ0n) is 9.54. The molecule has 2 rings (SSSR count). The maximum Gasteiger partial charge on any atom is 0.417 e. The first-order valence-corrected chi connectivity index (χ1v) is 5.20. The number of hydrogen-bond donors (Lipinski definition) is 0. The third-order valence-electron chi connectivity index (χ3n) is 2.64. The molecule has 0 bridgehead atoms. The average molecular weight is 252 g/mol. The van der Waals surface area contributed by atoms with E-state index in [0.29, 0.717) is 17.1 Å². The Morgan fingerprint density at radius 2 is 2.17 bits per heavy atom. The molecule has 0 spiro atoms. The molecule has 1 radical (unpaired) electrons. The van der Waals surface area contributed by atoms with Gasteiger partial charge in [0.15, 0.2) is 11.5 Å². The normalized spacial score (nSPS) is 14.1. The summed E-state index contributed by atoms with van der Waals surface area (Å²) < 4.78 is 14.8. The number of benzene rings is 1. The van der Waals surface area contributed by atoms with Crippen molar-refractivity contribution in [1.82, 2.24) is 0 Å². The zero-order chi connectivity index (χ0) is 13.1. The summed E-state index contributed by atoms with van der Waals surface area (Å²) in [6.07, 6.45) is 0. The lowest BCUT2D eigenvalue weighted by Gasteiger charge is -2.11. The smallest absolute Gasteiger partial charge is 0.417 e. The van der Waals surface area contributed by atoms with Gasteiger partial charge < -0.3 is 14.2 Å². The van der Waals surface area contributed by atoms with Gasteiger partial charge in [-0.25, -0.2) is 4.79 Å². The molecule has 1 aliphatic rings. The minimum absolute atomic E-state index is 0.0178. The number of carbonyl (C=O) groups excluding carboxylic acids is 1. The van der Waals surface area contributed by atoms with E-state index in [1.165, 1.54) is 12.5 Å². The molecule has 1 unspecified atom stereocenters. The Kier molecular flexibility index (Phi) is 3.31. The summed E-state index contributed by atoms with van der Waals surface area (Å²) in [5, 5.41) is 11.0. The highest BCUT2D eigenvalue weighted by Gasteiger charge is 2.26. The maximum atomic E-state index is 11.0. The average Bonchev–Trinajstić information content (AvgIpc) is 2.81. The number of hydrogen-bond acceptors (Lipinski definition) is 6. The van der Waals surface area contributed by atoms with E-state index in [2.05, 4.69) is 4.74 Å². The number of fused-ring (bicyclic) bond motifs is 1. The summed E-state index contributed by atoms with van der Waals surface area (Å²) in [7, 11) is 0. The van der Waals surface area contributed by atoms with Crippen LogP contribution >= 0.6 is 0 Å². The molecule has 1 aliphatic heterocycles. The van der Waals surface area contributed by atoms with Crippen LogP contribution in [0.4, 0.5) is 5.69 Å². The van der Waals surface area contributed by atoms with Crippen molar-refractivity contribution in [3.63, 3.8) is 0 Å². The Bertz CT molecular complexity index is 487. The number of rotatable bonds is 5. The molecule has 0 aromatic heterocycles. The van der Waals surface area contributed by atoms with E-state index in [1.807, 2.05) is 0 Å². The van der Waals surface area contributed by atoms with Gasteiger partial charge in [0.1, 0.15) is 0 Å². The summed E-state index contributed by atoms with van der Waals surface area (Å²) in [5.74, 6) is 0.472. The van der Waals surface area contributed by atoms with Crippen LogP contribution in [0, 0.1) is 10.1 Å². The number of nitrogens with zero attached hydrogens (tertiary/aromatic N) is 1. The Hall–Kier alpha value is -2.31. The minimum Gasteiger partial charge on any atom is -0.457 e. The lowest BCUT2D eigenvalue weighted by atomic mass is 9.99. The van der Waals surface area contributed by atoms with Crippen LogP contribution in [0.25, 0.3) is 0 Å². The molecule has 1 heterocycles. The molecule has 1 aromatic carbocycles. The number of ether oxygens (including phenoxy) is 3. The van der Waals surface area contributed by atoms with Crippen LogP contribution < -0.4 is 9.47 Å². The van der Waals surface area contributed by atoms with Crippen molar-refractivity contribution in [2.45, 2.75) is 12.8 Å². The number of nitro benzene ring substituents is 1. The predicted molar refractivity (Wildman–Crippen MR) is 59.3 cm³/mol. The van der Waals surface area contributed by atoms with Gasteiger partial charge in [0, 0.05) is 11.5 Å². The second-order valence-corrected chi connectivity index (χ2v) is 3.82. The molecule has 0 saturated heterocycles. The second-order valence-electron chi connectivity index (χ2n) is 3.82. The maximum absolute atomic E-state index is 11.0. The van der Waals surface area contributed by atoms with Crippen LogP contribution in [-0.4, -0.2) is 24.8 Å². The van der Waals surface area contributed by atoms with Crippen LogP contribution in [-0.2, 0) is 9.53 Å². The van der Waals surface area contributed by atoms with Crippen molar-refractivity contribution >= 4 is 12.2 Å². The van der Waals surface area contributed by atoms with E-state index < -0.39 is 4.92 Å². The highest BCUT2D eigenvalue weighted by molar-refractivity contribution is 5.56. The molecular weight excluding hydrogens is 242 g/mol. The van der Waals surface area contributed by atoms with Crippen molar-refractivity contribution in [3.05, 3.63) is 27.8 Å². The monoisotopic (exact) mass is 252 g/mol. The largest absolute Gasteiger partial charge is 0.457 e. The SMILES string of the molecule is CC(CO[C]=O)c1cc2c(cc1[N+](=O)[O-])OCO2. The van der Waals surface area contributed by atoms with Crippen LogP contribution in [0.15, 0.2) is 12.1 Å². The fraction of sp³-hybridized carbons (Fsp3) is 0.364. The fourth-order valence-corrected chi connectivity index (χ4v) is 1.75. The van der Waals surface area contributed by atoms with E-state index >= 15 is 0 Å². The second kappa shape index (κ2) is 4.91. The third kappa shape index (κ3) is 2.20. The quantitative estimate of drug-likeness (QED) is 0.583. The molecule has 7 heteroatoms. The van der Waals surface area contributed by atoms with Crippen molar-refractivity contribution < 1.29 is 23.9 Å². The summed E-state index contributed by atoms with van der Waals surface area (Å²) in [6, 6.07) is 2.86. The van der Waals surface area contributed by atoms with Crippen LogP contribution in [0.1, 0.15) is 18.4 Å². The van der Waals surface area contributed by atoms with Gasteiger partial charge in [-0.05, 0) is 6.07 Å². The molecule has 0 amide bonds. The van der Waals surface area contributed by atoms with Gasteiger partial charge in [-0.1, -0.05) is 6.92 Å². The molecule has 0 aliphatic carbocycles. The standard InChI is InChI=1S/C11H10NO6/c1-7(4-16-5-13)8-2-10-11(18-6-17-10)3-9(8)12(14)15/h2-3,7H,4,6H2,1H3. The van der Waals surface area contributed by atoms with E-state index in [1.54, 1.807) is 13.0 Å². The van der Waals surface area contributed by atoms with Gasteiger partial charge in [-0.3, -0.25) is 10.1 Å².